The first-order chi connectivity index (χ1) is 14.8. The molecule has 7 heteroatoms. The van der Waals surface area contributed by atoms with E-state index in [1.54, 1.807) is 24.3 Å². The van der Waals surface area contributed by atoms with Crippen molar-refractivity contribution in [3.8, 4) is 0 Å². The Morgan fingerprint density at radius 3 is 2.55 bits per heavy atom. The SMILES string of the molecule is CCCCCCN(CCN1CCOCC1)C(=O)c1cccc(NC(=O)OC(C)(C)C)c1. The minimum atomic E-state index is -0.577. The maximum Gasteiger partial charge on any atom is 0.412 e. The van der Waals surface area contributed by atoms with E-state index < -0.39 is 11.7 Å². The molecule has 0 bridgehead atoms. The van der Waals surface area contributed by atoms with Gasteiger partial charge < -0.3 is 14.4 Å². The number of nitrogens with zero attached hydrogens (tertiary/aromatic N) is 2. The number of amides is 2. The topological polar surface area (TPSA) is 71.1 Å². The van der Waals surface area contributed by atoms with Gasteiger partial charge in [-0.3, -0.25) is 15.0 Å². The van der Waals surface area contributed by atoms with Crippen molar-refractivity contribution in [3.63, 3.8) is 0 Å². The number of rotatable bonds is 10. The third kappa shape index (κ3) is 9.70. The lowest BCUT2D eigenvalue weighted by molar-refractivity contribution is 0.0324. The molecule has 174 valence electrons. The molecule has 1 aliphatic heterocycles. The Hall–Kier alpha value is -2.12. The number of unbranched alkanes of at least 4 members (excludes halogenated alkanes) is 3. The highest BCUT2D eigenvalue weighted by Crippen LogP contribution is 2.16. The van der Waals surface area contributed by atoms with Gasteiger partial charge in [-0.2, -0.15) is 0 Å². The number of anilines is 1. The summed E-state index contributed by atoms with van der Waals surface area (Å²) in [5.41, 5.74) is 0.553. The maximum atomic E-state index is 13.3. The van der Waals surface area contributed by atoms with Crippen molar-refractivity contribution in [3.05, 3.63) is 29.8 Å². The molecule has 0 spiro atoms. The normalized spacial score (nSPS) is 14.8. The predicted octanol–water partition coefficient (Wildman–Crippen LogP) is 4.39. The van der Waals surface area contributed by atoms with Crippen LogP contribution in [-0.4, -0.2) is 73.3 Å². The second kappa shape index (κ2) is 12.7. The summed E-state index contributed by atoms with van der Waals surface area (Å²) in [6.45, 7) is 13.2. The van der Waals surface area contributed by atoms with Crippen molar-refractivity contribution in [1.82, 2.24) is 9.80 Å². The molecule has 0 atom stereocenters. The number of carbonyl (C=O) groups excluding carboxylic acids is 2. The molecular formula is C24H39N3O4. The molecule has 1 aliphatic rings. The molecule has 7 nitrogen and oxygen atoms in total. The highest BCUT2D eigenvalue weighted by molar-refractivity contribution is 5.96. The minimum absolute atomic E-state index is 0.00223. The van der Waals surface area contributed by atoms with Gasteiger partial charge in [0.2, 0.25) is 0 Å². The lowest BCUT2D eigenvalue weighted by atomic mass is 10.1. The van der Waals surface area contributed by atoms with Crippen LogP contribution in [0.5, 0.6) is 0 Å². The maximum absolute atomic E-state index is 13.3. The number of benzene rings is 1. The first-order valence-electron chi connectivity index (χ1n) is 11.5. The van der Waals surface area contributed by atoms with Gasteiger partial charge in [0.25, 0.3) is 5.91 Å². The molecule has 0 unspecified atom stereocenters. The van der Waals surface area contributed by atoms with Crippen LogP contribution in [0.1, 0.15) is 63.7 Å². The first-order valence-corrected chi connectivity index (χ1v) is 11.5. The highest BCUT2D eigenvalue weighted by atomic mass is 16.6. The van der Waals surface area contributed by atoms with E-state index in [1.165, 1.54) is 12.8 Å². The Kier molecular flexibility index (Phi) is 10.3. The van der Waals surface area contributed by atoms with Crippen LogP contribution in [-0.2, 0) is 9.47 Å². The first kappa shape index (κ1) is 25.1. The molecule has 2 amide bonds. The number of ether oxygens (including phenoxy) is 2. The molecule has 1 heterocycles. The van der Waals surface area contributed by atoms with Crippen LogP contribution >= 0.6 is 0 Å². The Morgan fingerprint density at radius 2 is 1.87 bits per heavy atom. The lowest BCUT2D eigenvalue weighted by Gasteiger charge is -2.30. The molecule has 1 aromatic carbocycles. The fourth-order valence-electron chi connectivity index (χ4n) is 3.47. The van der Waals surface area contributed by atoms with E-state index in [9.17, 15) is 9.59 Å². The summed E-state index contributed by atoms with van der Waals surface area (Å²) in [6, 6.07) is 7.08. The molecule has 0 saturated carbocycles. The van der Waals surface area contributed by atoms with Gasteiger partial charge in [0.15, 0.2) is 0 Å². The molecule has 1 aromatic rings. The Morgan fingerprint density at radius 1 is 1.13 bits per heavy atom. The lowest BCUT2D eigenvalue weighted by Crippen LogP contribution is -2.43. The average Bonchev–Trinajstić information content (AvgIpc) is 2.72. The van der Waals surface area contributed by atoms with Gasteiger partial charge >= 0.3 is 6.09 Å². The van der Waals surface area contributed by atoms with Crippen molar-refractivity contribution in [1.29, 1.82) is 0 Å². The molecule has 1 fully saturated rings. The summed E-state index contributed by atoms with van der Waals surface area (Å²) in [5, 5.41) is 2.72. The van der Waals surface area contributed by atoms with E-state index in [2.05, 4.69) is 17.1 Å². The monoisotopic (exact) mass is 433 g/mol. The zero-order valence-electron chi connectivity index (χ0n) is 19.6. The van der Waals surface area contributed by atoms with E-state index in [-0.39, 0.29) is 5.91 Å². The van der Waals surface area contributed by atoms with Crippen molar-refractivity contribution in [2.24, 2.45) is 0 Å². The second-order valence-electron chi connectivity index (χ2n) is 9.01. The quantitative estimate of drug-likeness (QED) is 0.554. The molecule has 0 aromatic heterocycles. The highest BCUT2D eigenvalue weighted by Gasteiger charge is 2.20. The van der Waals surface area contributed by atoms with Crippen molar-refractivity contribution < 1.29 is 19.1 Å². The van der Waals surface area contributed by atoms with Crippen LogP contribution in [0.15, 0.2) is 24.3 Å². The Balaban J connectivity index is 2.02. The van der Waals surface area contributed by atoms with Gasteiger partial charge in [0.1, 0.15) is 5.60 Å². The smallest absolute Gasteiger partial charge is 0.412 e. The molecule has 1 saturated heterocycles. The average molecular weight is 434 g/mol. The minimum Gasteiger partial charge on any atom is -0.444 e. The summed E-state index contributed by atoms with van der Waals surface area (Å²) in [4.78, 5) is 29.7. The van der Waals surface area contributed by atoms with Crippen molar-refractivity contribution in [2.75, 3.05) is 51.3 Å². The van der Waals surface area contributed by atoms with Crippen LogP contribution in [0.4, 0.5) is 10.5 Å². The van der Waals surface area contributed by atoms with Crippen LogP contribution in [0, 0.1) is 0 Å². The fourth-order valence-corrected chi connectivity index (χ4v) is 3.47. The molecule has 0 radical (unpaired) electrons. The van der Waals surface area contributed by atoms with Crippen molar-refractivity contribution in [2.45, 2.75) is 59.0 Å². The van der Waals surface area contributed by atoms with E-state index >= 15 is 0 Å². The molecule has 31 heavy (non-hydrogen) atoms. The molecule has 2 rings (SSSR count). The van der Waals surface area contributed by atoms with Crippen LogP contribution in [0.3, 0.4) is 0 Å². The standard InChI is InChI=1S/C24H39N3O4/c1-5-6-7-8-12-27(14-13-26-15-17-30-18-16-26)22(28)20-10-9-11-21(19-20)25-23(29)31-24(2,3)4/h9-11,19H,5-8,12-18H2,1-4H3,(H,25,29). The summed E-state index contributed by atoms with van der Waals surface area (Å²) < 4.78 is 10.7. The molecular weight excluding hydrogens is 394 g/mol. The van der Waals surface area contributed by atoms with E-state index in [1.807, 2.05) is 25.7 Å². The van der Waals surface area contributed by atoms with Gasteiger partial charge in [-0.05, 0) is 45.4 Å². The second-order valence-corrected chi connectivity index (χ2v) is 9.01. The molecule has 0 aliphatic carbocycles. The molecule has 1 N–H and O–H groups in total. The van der Waals surface area contributed by atoms with Crippen LogP contribution < -0.4 is 5.32 Å². The predicted molar refractivity (Wildman–Crippen MR) is 124 cm³/mol. The van der Waals surface area contributed by atoms with Gasteiger partial charge in [-0.15, -0.1) is 0 Å². The Labute approximate surface area is 187 Å². The van der Waals surface area contributed by atoms with Gasteiger partial charge in [-0.1, -0.05) is 32.3 Å². The largest absolute Gasteiger partial charge is 0.444 e. The number of morpholine rings is 1. The van der Waals surface area contributed by atoms with Gasteiger partial charge in [-0.25, -0.2) is 4.79 Å². The third-order valence-corrected chi connectivity index (χ3v) is 5.11. The van der Waals surface area contributed by atoms with Gasteiger partial charge in [0, 0.05) is 44.0 Å². The van der Waals surface area contributed by atoms with E-state index in [0.29, 0.717) is 17.8 Å². The summed E-state index contributed by atoms with van der Waals surface area (Å²) >= 11 is 0. The number of nitrogens with one attached hydrogen (secondary N) is 1. The van der Waals surface area contributed by atoms with E-state index in [0.717, 1.165) is 52.2 Å². The van der Waals surface area contributed by atoms with Crippen LogP contribution in [0.25, 0.3) is 0 Å². The summed E-state index contributed by atoms with van der Waals surface area (Å²) in [6.07, 6.45) is 3.94. The fraction of sp³-hybridized carbons (Fsp3) is 0.667. The zero-order chi connectivity index (χ0) is 22.7. The van der Waals surface area contributed by atoms with Crippen molar-refractivity contribution >= 4 is 17.7 Å². The van der Waals surface area contributed by atoms with E-state index in [4.69, 9.17) is 9.47 Å². The van der Waals surface area contributed by atoms with Gasteiger partial charge in [0.05, 0.1) is 13.2 Å². The number of carbonyl (C=O) groups is 2. The zero-order valence-corrected chi connectivity index (χ0v) is 19.6. The summed E-state index contributed by atoms with van der Waals surface area (Å²) in [5.74, 6) is -0.00223. The van der Waals surface area contributed by atoms with Crippen LogP contribution in [0.2, 0.25) is 0 Å². The Bertz CT molecular complexity index is 696. The number of hydrogen-bond donors (Lipinski definition) is 1. The third-order valence-electron chi connectivity index (χ3n) is 5.11. The number of hydrogen-bond acceptors (Lipinski definition) is 5. The summed E-state index contributed by atoms with van der Waals surface area (Å²) in [7, 11) is 0.